The van der Waals surface area contributed by atoms with E-state index in [0.29, 0.717) is 11.1 Å². The molecule has 0 heterocycles. The van der Waals surface area contributed by atoms with E-state index in [1.54, 1.807) is 60.7 Å². The molecule has 0 aliphatic heterocycles. The molecule has 4 aromatic rings. The molecule has 268 valence electrons. The van der Waals surface area contributed by atoms with Gasteiger partial charge in [0.05, 0.1) is 0 Å². The number of carbonyl (C=O) groups excluding carboxylic acids is 2. The second-order valence-corrected chi connectivity index (χ2v) is 12.7. The third-order valence-electron chi connectivity index (χ3n) is 9.58. The van der Waals surface area contributed by atoms with Crippen LogP contribution in [0.3, 0.4) is 0 Å². The summed E-state index contributed by atoms with van der Waals surface area (Å²) in [4.78, 5) is 69.9. The highest BCUT2D eigenvalue weighted by Gasteiger charge is 2.72. The van der Waals surface area contributed by atoms with Crippen LogP contribution in [0.2, 0.25) is 0 Å². The largest absolute Gasteiger partial charge is 0.295 e. The molecule has 4 atom stereocenters. The van der Waals surface area contributed by atoms with E-state index in [1.165, 1.54) is 24.3 Å². The average Bonchev–Trinajstić information content (AvgIpc) is 4.06. The Morgan fingerprint density at radius 2 is 0.788 bits per heavy atom. The number of hydrogen-bond donors (Lipinski definition) is 0. The molecule has 6 rings (SSSR count). The number of nitro groups is 4. The molecule has 0 N–H and O–H groups in total. The molecule has 16 heteroatoms. The normalized spacial score (nSPS) is 17.1. The van der Waals surface area contributed by atoms with Crippen LogP contribution < -0.4 is 0 Å². The van der Waals surface area contributed by atoms with E-state index in [-0.39, 0.29) is 36.8 Å². The van der Waals surface area contributed by atoms with Crippen LogP contribution in [0.1, 0.15) is 69.4 Å². The fourth-order valence-electron chi connectivity index (χ4n) is 6.55. The lowest BCUT2D eigenvalue weighted by molar-refractivity contribution is -0.631. The molecule has 0 amide bonds. The van der Waals surface area contributed by atoms with Gasteiger partial charge in [0.2, 0.25) is 0 Å². The first kappa shape index (κ1) is 36.9. The van der Waals surface area contributed by atoms with Crippen LogP contribution in [-0.2, 0) is 0 Å². The Bertz CT molecular complexity index is 1840. The zero-order valence-corrected chi connectivity index (χ0v) is 27.2. The van der Waals surface area contributed by atoms with Crippen LogP contribution in [0.15, 0.2) is 109 Å². The lowest BCUT2D eigenvalue weighted by atomic mass is 9.80. The SMILES string of the molecule is O=C(c1ccc(F)cc1)[C@H](c1ccccc1)[C@H]([N+](=O)[O-])C1([N+](=O)[O-])CC1.O=C(c1ccc(F)cc1)[C@H](c1ccccc1)[C@H]([N+](=O)[O-])C1([N+](=O)[O-])CC1. The summed E-state index contributed by atoms with van der Waals surface area (Å²) in [6, 6.07) is 21.8. The van der Waals surface area contributed by atoms with Crippen molar-refractivity contribution in [3.8, 4) is 0 Å². The topological polar surface area (TPSA) is 207 Å². The fourth-order valence-corrected chi connectivity index (χ4v) is 6.55. The second-order valence-electron chi connectivity index (χ2n) is 12.7. The van der Waals surface area contributed by atoms with Gasteiger partial charge in [0.25, 0.3) is 23.2 Å². The molecule has 2 aliphatic carbocycles. The number of halogens is 2. The molecular formula is C36H30F2N4O10. The Morgan fingerprint density at radius 3 is 1.02 bits per heavy atom. The summed E-state index contributed by atoms with van der Waals surface area (Å²) in [5, 5.41) is 46.6. The first-order valence-corrected chi connectivity index (χ1v) is 16.0. The minimum absolute atomic E-state index is 0.0473. The van der Waals surface area contributed by atoms with E-state index >= 15 is 0 Å². The minimum Gasteiger partial charge on any atom is -0.293 e. The summed E-state index contributed by atoms with van der Waals surface area (Å²) in [5.74, 6) is -5.02. The van der Waals surface area contributed by atoms with Gasteiger partial charge in [-0.2, -0.15) is 0 Å². The zero-order valence-electron chi connectivity index (χ0n) is 27.2. The zero-order chi connectivity index (χ0) is 37.8. The molecule has 0 saturated heterocycles. The molecule has 14 nitrogen and oxygen atoms in total. The van der Waals surface area contributed by atoms with E-state index in [0.717, 1.165) is 24.3 Å². The van der Waals surface area contributed by atoms with Crippen molar-refractivity contribution in [1.29, 1.82) is 0 Å². The number of Topliss-reactive ketones (excluding diaryl/α,β-unsaturated/α-hetero) is 2. The Labute approximate surface area is 293 Å². The maximum atomic E-state index is 13.2. The highest BCUT2D eigenvalue weighted by atomic mass is 19.1. The van der Waals surface area contributed by atoms with Crippen molar-refractivity contribution in [3.05, 3.63) is 184 Å². The van der Waals surface area contributed by atoms with Crippen molar-refractivity contribution in [1.82, 2.24) is 0 Å². The summed E-state index contributed by atoms with van der Waals surface area (Å²) in [6.45, 7) is 0. The average molecular weight is 717 g/mol. The third-order valence-corrected chi connectivity index (χ3v) is 9.58. The highest BCUT2D eigenvalue weighted by Crippen LogP contribution is 2.49. The van der Waals surface area contributed by atoms with Crippen molar-refractivity contribution in [2.24, 2.45) is 0 Å². The van der Waals surface area contributed by atoms with Gasteiger partial charge in [-0.1, -0.05) is 60.7 Å². The van der Waals surface area contributed by atoms with Crippen molar-refractivity contribution < 1.29 is 38.1 Å². The van der Waals surface area contributed by atoms with Crippen LogP contribution >= 0.6 is 0 Å². The summed E-state index contributed by atoms with van der Waals surface area (Å²) in [7, 11) is 0. The van der Waals surface area contributed by atoms with Gasteiger partial charge in [0, 0.05) is 56.5 Å². The Hall–Kier alpha value is -6.32. The lowest BCUT2D eigenvalue weighted by Gasteiger charge is -2.22. The Kier molecular flexibility index (Phi) is 10.6. The fraction of sp³-hybridized carbons (Fsp3) is 0.278. The van der Waals surface area contributed by atoms with Crippen molar-refractivity contribution >= 4 is 11.6 Å². The predicted octanol–water partition coefficient (Wildman–Crippen LogP) is 6.49. The van der Waals surface area contributed by atoms with Gasteiger partial charge in [-0.15, -0.1) is 0 Å². The van der Waals surface area contributed by atoms with Crippen LogP contribution in [-0.4, -0.2) is 54.4 Å². The summed E-state index contributed by atoms with van der Waals surface area (Å²) >= 11 is 0. The minimum atomic E-state index is -1.75. The van der Waals surface area contributed by atoms with Crippen molar-refractivity contribution in [2.75, 3.05) is 0 Å². The molecule has 2 aliphatic rings. The van der Waals surface area contributed by atoms with Gasteiger partial charge in [0.1, 0.15) is 23.5 Å². The predicted molar refractivity (Wildman–Crippen MR) is 179 cm³/mol. The molecule has 2 saturated carbocycles. The molecule has 4 aromatic carbocycles. The van der Waals surface area contributed by atoms with Gasteiger partial charge in [-0.05, 0) is 59.7 Å². The van der Waals surface area contributed by atoms with Crippen LogP contribution in [0.5, 0.6) is 0 Å². The lowest BCUT2D eigenvalue weighted by Crippen LogP contribution is -2.48. The Balaban J connectivity index is 0.000000201. The molecule has 0 aromatic heterocycles. The quantitative estimate of drug-likeness (QED) is 0.0787. The summed E-state index contributed by atoms with van der Waals surface area (Å²) in [5.41, 5.74) is -2.69. The van der Waals surface area contributed by atoms with E-state index in [1.807, 2.05) is 0 Å². The molecule has 0 spiro atoms. The first-order valence-electron chi connectivity index (χ1n) is 16.0. The summed E-state index contributed by atoms with van der Waals surface area (Å²) < 4.78 is 26.3. The molecule has 0 bridgehead atoms. The molecule has 0 unspecified atom stereocenters. The van der Waals surface area contributed by atoms with E-state index in [4.69, 9.17) is 0 Å². The third kappa shape index (κ3) is 7.40. The van der Waals surface area contributed by atoms with Crippen molar-refractivity contribution in [3.63, 3.8) is 0 Å². The van der Waals surface area contributed by atoms with Gasteiger partial charge in [-0.3, -0.25) is 50.0 Å². The maximum Gasteiger partial charge on any atom is 0.295 e. The number of benzene rings is 4. The number of nitrogens with zero attached hydrogens (tertiary/aromatic N) is 4. The van der Waals surface area contributed by atoms with E-state index in [2.05, 4.69) is 0 Å². The molecule has 0 radical (unpaired) electrons. The van der Waals surface area contributed by atoms with Crippen molar-refractivity contribution in [2.45, 2.75) is 60.7 Å². The van der Waals surface area contributed by atoms with Gasteiger partial charge in [-0.25, -0.2) is 8.78 Å². The van der Waals surface area contributed by atoms with E-state index < -0.39 is 77.9 Å². The maximum absolute atomic E-state index is 13.2. The number of carbonyl (C=O) groups is 2. The number of hydrogen-bond acceptors (Lipinski definition) is 10. The van der Waals surface area contributed by atoms with E-state index in [9.17, 15) is 58.8 Å². The van der Waals surface area contributed by atoms with Crippen LogP contribution in [0.4, 0.5) is 8.78 Å². The van der Waals surface area contributed by atoms with Crippen LogP contribution in [0, 0.1) is 52.1 Å². The monoisotopic (exact) mass is 716 g/mol. The highest BCUT2D eigenvalue weighted by molar-refractivity contribution is 6.02. The molecule has 2 fully saturated rings. The van der Waals surface area contributed by atoms with Crippen LogP contribution in [0.25, 0.3) is 0 Å². The van der Waals surface area contributed by atoms with Gasteiger partial charge in [0.15, 0.2) is 11.6 Å². The first-order chi connectivity index (χ1) is 24.7. The molecule has 52 heavy (non-hydrogen) atoms. The number of ketones is 2. The second kappa shape index (κ2) is 14.9. The number of rotatable bonds is 14. The smallest absolute Gasteiger partial charge is 0.293 e. The summed E-state index contributed by atoms with van der Waals surface area (Å²) in [6.07, 6.45) is 0.189. The van der Waals surface area contributed by atoms with Gasteiger partial charge < -0.3 is 0 Å². The molecular weight excluding hydrogens is 686 g/mol. The standard InChI is InChI=1S/2C18H15FN2O5/c2*19-14-8-6-13(7-9-14)16(22)15(12-4-2-1-3-5-12)17(20(23)24)18(10-11-18)21(25)26/h2*1-9,15,17H,10-11H2/t2*15-,17-/m00/s1. The van der Waals surface area contributed by atoms with Gasteiger partial charge >= 0.3 is 0 Å². The Morgan fingerprint density at radius 1 is 0.500 bits per heavy atom.